The quantitative estimate of drug-likeness (QED) is 0.585. The van der Waals surface area contributed by atoms with Gasteiger partial charge in [0.05, 0.1) is 12.7 Å². The van der Waals surface area contributed by atoms with E-state index >= 15 is 0 Å². The molecule has 1 aromatic rings. The molecule has 1 aliphatic rings. The van der Waals surface area contributed by atoms with Crippen molar-refractivity contribution in [1.29, 1.82) is 0 Å². The first-order chi connectivity index (χ1) is 11.4. The predicted molar refractivity (Wildman–Crippen MR) is 92.7 cm³/mol. The van der Waals surface area contributed by atoms with Gasteiger partial charge in [0.15, 0.2) is 0 Å². The zero-order chi connectivity index (χ0) is 17.6. The van der Waals surface area contributed by atoms with Crippen LogP contribution in [-0.4, -0.2) is 29.6 Å². The van der Waals surface area contributed by atoms with Crippen LogP contribution in [0.5, 0.6) is 0 Å². The van der Waals surface area contributed by atoms with Crippen molar-refractivity contribution in [1.82, 2.24) is 0 Å². The molecule has 132 valence electrons. The lowest BCUT2D eigenvalue weighted by Gasteiger charge is -2.34. The number of benzene rings is 1. The van der Waals surface area contributed by atoms with Crippen molar-refractivity contribution < 1.29 is 19.4 Å². The first-order valence-corrected chi connectivity index (χ1v) is 8.79. The zero-order valence-corrected chi connectivity index (χ0v) is 14.7. The summed E-state index contributed by atoms with van der Waals surface area (Å²) in [5.41, 5.74) is 1.35. The van der Waals surface area contributed by atoms with Crippen molar-refractivity contribution in [3.63, 3.8) is 0 Å². The number of ether oxygens (including phenoxy) is 1. The fourth-order valence-electron chi connectivity index (χ4n) is 3.65. The highest BCUT2D eigenvalue weighted by Crippen LogP contribution is 2.39. The topological polar surface area (TPSA) is 63.6 Å². The van der Waals surface area contributed by atoms with E-state index < -0.39 is 11.6 Å². The Labute approximate surface area is 144 Å². The summed E-state index contributed by atoms with van der Waals surface area (Å²) < 4.78 is 4.56. The van der Waals surface area contributed by atoms with Crippen LogP contribution in [0, 0.1) is 12.8 Å². The van der Waals surface area contributed by atoms with Gasteiger partial charge in [0.25, 0.3) is 0 Å². The number of hydrogen-bond donors (Lipinski definition) is 1. The van der Waals surface area contributed by atoms with Gasteiger partial charge in [0.2, 0.25) is 0 Å². The van der Waals surface area contributed by atoms with Crippen LogP contribution in [0.3, 0.4) is 0 Å². The Morgan fingerprint density at radius 1 is 1.21 bits per heavy atom. The van der Waals surface area contributed by atoms with Gasteiger partial charge >= 0.3 is 5.97 Å². The van der Waals surface area contributed by atoms with Gasteiger partial charge < -0.3 is 9.84 Å². The SMILES string of the molecule is COC(=O)CC(=O)CC(O)(CCc1ccc(C)cc1)C1CCCC1. The molecule has 0 saturated heterocycles. The van der Waals surface area contributed by atoms with Gasteiger partial charge in [0, 0.05) is 6.42 Å². The molecular formula is C20H28O4. The Morgan fingerprint density at radius 3 is 2.42 bits per heavy atom. The molecule has 1 saturated carbocycles. The normalized spacial score (nSPS) is 17.5. The van der Waals surface area contributed by atoms with Gasteiger partial charge in [-0.2, -0.15) is 0 Å². The van der Waals surface area contributed by atoms with E-state index in [1.807, 2.05) is 6.92 Å². The summed E-state index contributed by atoms with van der Waals surface area (Å²) in [5.74, 6) is -0.628. The summed E-state index contributed by atoms with van der Waals surface area (Å²) >= 11 is 0. The molecule has 1 aliphatic carbocycles. The third-order valence-electron chi connectivity index (χ3n) is 5.15. The van der Waals surface area contributed by atoms with Crippen molar-refractivity contribution in [2.75, 3.05) is 7.11 Å². The average molecular weight is 332 g/mol. The number of Topliss-reactive ketones (excluding diaryl/α,β-unsaturated/α-hetero) is 1. The van der Waals surface area contributed by atoms with E-state index in [2.05, 4.69) is 29.0 Å². The van der Waals surface area contributed by atoms with Gasteiger partial charge in [-0.05, 0) is 44.1 Å². The molecule has 0 bridgehead atoms. The van der Waals surface area contributed by atoms with E-state index in [4.69, 9.17) is 0 Å². The predicted octanol–water partition coefficient (Wildman–Crippen LogP) is 3.37. The van der Waals surface area contributed by atoms with Crippen molar-refractivity contribution in [2.45, 2.75) is 63.9 Å². The molecule has 0 aromatic heterocycles. The minimum atomic E-state index is -1.02. The molecule has 24 heavy (non-hydrogen) atoms. The standard InChI is InChI=1S/C20H28O4/c1-15-7-9-16(10-8-15)11-12-20(23,17-5-3-4-6-17)14-18(21)13-19(22)24-2/h7-10,17,23H,3-6,11-14H2,1-2H3. The number of rotatable bonds is 8. The molecule has 4 heteroatoms. The van der Waals surface area contributed by atoms with Crippen molar-refractivity contribution in [3.05, 3.63) is 35.4 Å². The Kier molecular flexibility index (Phi) is 6.55. The Morgan fingerprint density at radius 2 is 1.83 bits per heavy atom. The number of aryl methyl sites for hydroxylation is 2. The fourth-order valence-corrected chi connectivity index (χ4v) is 3.65. The highest BCUT2D eigenvalue weighted by atomic mass is 16.5. The minimum Gasteiger partial charge on any atom is -0.469 e. The molecule has 0 amide bonds. The molecule has 0 spiro atoms. The third kappa shape index (κ3) is 5.17. The molecule has 1 fully saturated rings. The summed E-state index contributed by atoms with van der Waals surface area (Å²) in [6.07, 6.45) is 5.18. The van der Waals surface area contributed by atoms with E-state index in [-0.39, 0.29) is 24.5 Å². The fraction of sp³-hybridized carbons (Fsp3) is 0.600. The number of aliphatic hydroxyl groups is 1. The van der Waals surface area contributed by atoms with Gasteiger partial charge in [-0.15, -0.1) is 0 Å². The summed E-state index contributed by atoms with van der Waals surface area (Å²) in [5, 5.41) is 11.2. The lowest BCUT2D eigenvalue weighted by Crippen LogP contribution is -2.40. The van der Waals surface area contributed by atoms with Crippen LogP contribution in [0.15, 0.2) is 24.3 Å². The molecule has 0 heterocycles. The molecule has 1 unspecified atom stereocenters. The van der Waals surface area contributed by atoms with Crippen LogP contribution in [0.2, 0.25) is 0 Å². The van der Waals surface area contributed by atoms with Gasteiger partial charge in [-0.25, -0.2) is 0 Å². The van der Waals surface area contributed by atoms with E-state index in [9.17, 15) is 14.7 Å². The highest BCUT2D eigenvalue weighted by Gasteiger charge is 2.39. The second-order valence-corrected chi connectivity index (χ2v) is 7.04. The average Bonchev–Trinajstić information content (AvgIpc) is 3.09. The second kappa shape index (κ2) is 8.43. The molecule has 2 rings (SSSR count). The first kappa shape index (κ1) is 18.7. The lowest BCUT2D eigenvalue weighted by atomic mass is 9.77. The molecule has 0 aliphatic heterocycles. The molecule has 1 aromatic carbocycles. The number of carbonyl (C=O) groups is 2. The van der Waals surface area contributed by atoms with Crippen LogP contribution in [0.25, 0.3) is 0 Å². The number of ketones is 1. The van der Waals surface area contributed by atoms with E-state index in [0.717, 1.165) is 37.7 Å². The molecule has 4 nitrogen and oxygen atoms in total. The summed E-state index contributed by atoms with van der Waals surface area (Å²) in [4.78, 5) is 23.5. The van der Waals surface area contributed by atoms with E-state index in [0.29, 0.717) is 6.42 Å². The molecular weight excluding hydrogens is 304 g/mol. The lowest BCUT2D eigenvalue weighted by molar-refractivity contribution is -0.145. The van der Waals surface area contributed by atoms with Crippen LogP contribution >= 0.6 is 0 Å². The molecule has 1 atom stereocenters. The largest absolute Gasteiger partial charge is 0.469 e. The maximum atomic E-state index is 12.2. The Bertz CT molecular complexity index is 558. The number of carbonyl (C=O) groups excluding carboxylic acids is 2. The number of esters is 1. The van der Waals surface area contributed by atoms with Gasteiger partial charge in [0.1, 0.15) is 12.2 Å². The van der Waals surface area contributed by atoms with Crippen molar-refractivity contribution in [3.8, 4) is 0 Å². The molecule has 1 N–H and O–H groups in total. The van der Waals surface area contributed by atoms with Crippen molar-refractivity contribution >= 4 is 11.8 Å². The maximum Gasteiger partial charge on any atom is 0.313 e. The summed E-state index contributed by atoms with van der Waals surface area (Å²) in [6.45, 7) is 2.05. The maximum absolute atomic E-state index is 12.2. The van der Waals surface area contributed by atoms with Crippen molar-refractivity contribution in [2.24, 2.45) is 5.92 Å². The Balaban J connectivity index is 2.03. The van der Waals surface area contributed by atoms with E-state index in [1.54, 1.807) is 0 Å². The number of hydrogen-bond acceptors (Lipinski definition) is 4. The summed E-state index contributed by atoms with van der Waals surface area (Å²) in [7, 11) is 1.27. The third-order valence-corrected chi connectivity index (χ3v) is 5.15. The van der Waals surface area contributed by atoms with Crippen LogP contribution in [0.1, 0.15) is 56.1 Å². The second-order valence-electron chi connectivity index (χ2n) is 7.04. The highest BCUT2D eigenvalue weighted by molar-refractivity contribution is 5.95. The zero-order valence-electron chi connectivity index (χ0n) is 14.7. The smallest absolute Gasteiger partial charge is 0.313 e. The summed E-state index contributed by atoms with van der Waals surface area (Å²) in [6, 6.07) is 8.26. The molecule has 0 radical (unpaired) electrons. The monoisotopic (exact) mass is 332 g/mol. The minimum absolute atomic E-state index is 0.0403. The van der Waals surface area contributed by atoms with E-state index in [1.165, 1.54) is 12.7 Å². The van der Waals surface area contributed by atoms with Gasteiger partial charge in [-0.1, -0.05) is 42.7 Å². The Hall–Kier alpha value is -1.68. The van der Waals surface area contributed by atoms with Crippen LogP contribution < -0.4 is 0 Å². The number of methoxy groups -OCH3 is 1. The van der Waals surface area contributed by atoms with Gasteiger partial charge in [-0.3, -0.25) is 9.59 Å². The first-order valence-electron chi connectivity index (χ1n) is 8.79. The van der Waals surface area contributed by atoms with Crippen LogP contribution in [-0.2, 0) is 20.7 Å². The van der Waals surface area contributed by atoms with Crippen LogP contribution in [0.4, 0.5) is 0 Å².